The number of ether oxygens (including phenoxy) is 1. The fraction of sp³-hybridized carbons (Fsp3) is 0.556. The van der Waals surface area contributed by atoms with Gasteiger partial charge >= 0.3 is 6.09 Å². The number of nitriles is 1. The van der Waals surface area contributed by atoms with Crippen LogP contribution in [0.5, 0.6) is 0 Å². The molecule has 1 spiro atoms. The lowest BCUT2D eigenvalue weighted by Crippen LogP contribution is -2.56. The van der Waals surface area contributed by atoms with Crippen molar-refractivity contribution in [3.05, 3.63) is 50.9 Å². The molecule has 2 aliphatic carbocycles. The molecule has 1 saturated heterocycles. The van der Waals surface area contributed by atoms with Gasteiger partial charge in [0.15, 0.2) is 0 Å². The zero-order valence-electron chi connectivity index (χ0n) is 21.0. The number of piperazine rings is 1. The van der Waals surface area contributed by atoms with Crippen molar-refractivity contribution in [2.24, 2.45) is 0 Å². The minimum absolute atomic E-state index is 0.0287. The molecular weight excluding hydrogens is 497 g/mol. The van der Waals surface area contributed by atoms with Gasteiger partial charge in [-0.2, -0.15) is 5.26 Å². The molecule has 2 aromatic rings. The molecule has 1 aromatic carbocycles. The lowest BCUT2D eigenvalue weighted by molar-refractivity contribution is 0.0144. The molecule has 1 amide bonds. The van der Waals surface area contributed by atoms with Crippen molar-refractivity contribution in [3.63, 3.8) is 0 Å². The normalized spacial score (nSPS) is 23.3. The Labute approximate surface area is 222 Å². The minimum Gasteiger partial charge on any atom is -0.444 e. The Morgan fingerprint density at radius 1 is 1.19 bits per heavy atom. The van der Waals surface area contributed by atoms with Crippen LogP contribution in [0, 0.1) is 11.3 Å². The van der Waals surface area contributed by atoms with E-state index < -0.39 is 5.60 Å². The third-order valence-electron chi connectivity index (χ3n) is 7.68. The van der Waals surface area contributed by atoms with Crippen LogP contribution in [0.25, 0.3) is 0 Å². The average Bonchev–Trinajstić information content (AvgIpc) is 3.16. The van der Waals surface area contributed by atoms with E-state index in [1.54, 1.807) is 4.90 Å². The number of rotatable bonds is 2. The van der Waals surface area contributed by atoms with Crippen LogP contribution in [0.4, 0.5) is 10.6 Å². The number of aromatic nitrogens is 2. The van der Waals surface area contributed by atoms with Crippen LogP contribution in [0.2, 0.25) is 10.3 Å². The Morgan fingerprint density at radius 2 is 1.94 bits per heavy atom. The van der Waals surface area contributed by atoms with Crippen LogP contribution >= 0.6 is 23.2 Å². The summed E-state index contributed by atoms with van der Waals surface area (Å²) in [5, 5.41) is 10.5. The highest BCUT2D eigenvalue weighted by atomic mass is 35.5. The number of anilines is 1. The van der Waals surface area contributed by atoms with Gasteiger partial charge in [-0.1, -0.05) is 23.7 Å². The molecular formula is C27H31Cl2N5O2. The second-order valence-corrected chi connectivity index (χ2v) is 11.8. The van der Waals surface area contributed by atoms with E-state index >= 15 is 0 Å². The van der Waals surface area contributed by atoms with Gasteiger partial charge in [-0.25, -0.2) is 14.8 Å². The maximum Gasteiger partial charge on any atom is 0.410 e. The Balaban J connectivity index is 1.42. The standard InChI is InChI=1S/C27H31Cl2N5O2/c1-26(2,3)36-25(35)34-14-13-33(16-17(34)9-12-30)23-19-8-11-27(15-22(19)31-24(29)32-23)10-7-18-20(27)5-4-6-21(18)28/h4-6,17H,7-11,13-16H2,1-3H3/t17-,27+/m0/s1. The molecule has 1 aliphatic heterocycles. The smallest absolute Gasteiger partial charge is 0.410 e. The topological polar surface area (TPSA) is 82.3 Å². The number of nitrogens with zero attached hydrogens (tertiary/aromatic N) is 5. The SMILES string of the molecule is CC(C)(C)OC(=O)N1CCN(c2nc(Cl)nc3c2CC[C@]2(CCc4c(Cl)cccc42)C3)C[C@@H]1CC#N. The quantitative estimate of drug-likeness (QED) is 0.479. The molecule has 7 nitrogen and oxygen atoms in total. The van der Waals surface area contributed by atoms with Gasteiger partial charge in [0.1, 0.15) is 11.4 Å². The fourth-order valence-corrected chi connectivity index (χ4v) is 6.52. The zero-order valence-corrected chi connectivity index (χ0v) is 22.5. The van der Waals surface area contributed by atoms with E-state index in [9.17, 15) is 10.1 Å². The van der Waals surface area contributed by atoms with E-state index in [1.807, 2.05) is 32.9 Å². The number of carbonyl (C=O) groups excluding carboxylic acids is 1. The molecule has 9 heteroatoms. The van der Waals surface area contributed by atoms with Crippen molar-refractivity contribution < 1.29 is 9.53 Å². The third-order valence-corrected chi connectivity index (χ3v) is 8.21. The first-order valence-corrected chi connectivity index (χ1v) is 13.3. The molecule has 0 bridgehead atoms. The van der Waals surface area contributed by atoms with Gasteiger partial charge in [0.2, 0.25) is 5.28 Å². The summed E-state index contributed by atoms with van der Waals surface area (Å²) in [4.78, 5) is 26.0. The summed E-state index contributed by atoms with van der Waals surface area (Å²) in [6, 6.07) is 8.17. The molecule has 36 heavy (non-hydrogen) atoms. The molecule has 2 heterocycles. The van der Waals surface area contributed by atoms with Gasteiger partial charge in [-0.15, -0.1) is 0 Å². The van der Waals surface area contributed by atoms with E-state index in [4.69, 9.17) is 27.9 Å². The van der Waals surface area contributed by atoms with Crippen LogP contribution in [0.15, 0.2) is 18.2 Å². The molecule has 1 aromatic heterocycles. The van der Waals surface area contributed by atoms with E-state index in [0.717, 1.165) is 54.2 Å². The van der Waals surface area contributed by atoms with Crippen molar-refractivity contribution in [3.8, 4) is 6.07 Å². The van der Waals surface area contributed by atoms with Gasteiger partial charge < -0.3 is 14.5 Å². The largest absolute Gasteiger partial charge is 0.444 e. The first-order valence-electron chi connectivity index (χ1n) is 12.5. The molecule has 2 atom stereocenters. The van der Waals surface area contributed by atoms with Crippen LogP contribution in [0.3, 0.4) is 0 Å². The maximum atomic E-state index is 12.8. The van der Waals surface area contributed by atoms with Gasteiger partial charge in [-0.05, 0) is 81.7 Å². The van der Waals surface area contributed by atoms with Gasteiger partial charge in [0.25, 0.3) is 0 Å². The molecule has 190 valence electrons. The number of amides is 1. The highest BCUT2D eigenvalue weighted by Crippen LogP contribution is 2.50. The number of hydrogen-bond donors (Lipinski definition) is 0. The summed E-state index contributed by atoms with van der Waals surface area (Å²) in [5.74, 6) is 0.830. The Bertz CT molecular complexity index is 1240. The van der Waals surface area contributed by atoms with Crippen molar-refractivity contribution in [2.45, 2.75) is 76.4 Å². The molecule has 3 aliphatic rings. The summed E-state index contributed by atoms with van der Waals surface area (Å²) in [5.41, 5.74) is 4.17. The summed E-state index contributed by atoms with van der Waals surface area (Å²) < 4.78 is 5.60. The predicted molar refractivity (Wildman–Crippen MR) is 140 cm³/mol. The van der Waals surface area contributed by atoms with E-state index in [1.165, 1.54) is 11.1 Å². The van der Waals surface area contributed by atoms with E-state index in [0.29, 0.717) is 19.6 Å². The molecule has 0 unspecified atom stereocenters. The number of carbonyl (C=O) groups is 1. The Hall–Kier alpha value is -2.56. The highest BCUT2D eigenvalue weighted by molar-refractivity contribution is 6.31. The average molecular weight is 528 g/mol. The molecule has 0 saturated carbocycles. The lowest BCUT2D eigenvalue weighted by atomic mass is 9.69. The zero-order chi connectivity index (χ0) is 25.7. The minimum atomic E-state index is -0.594. The van der Waals surface area contributed by atoms with Crippen molar-refractivity contribution in [1.29, 1.82) is 5.26 Å². The summed E-state index contributed by atoms with van der Waals surface area (Å²) >= 11 is 13.0. The lowest BCUT2D eigenvalue weighted by Gasteiger charge is -2.43. The predicted octanol–water partition coefficient (Wildman–Crippen LogP) is 5.50. The third kappa shape index (κ3) is 4.62. The van der Waals surface area contributed by atoms with Crippen molar-refractivity contribution in [2.75, 3.05) is 24.5 Å². The Kier molecular flexibility index (Phi) is 6.55. The van der Waals surface area contributed by atoms with Crippen LogP contribution in [-0.2, 0) is 29.4 Å². The molecule has 5 rings (SSSR count). The van der Waals surface area contributed by atoms with Crippen LogP contribution in [0.1, 0.15) is 62.4 Å². The number of benzene rings is 1. The summed E-state index contributed by atoms with van der Waals surface area (Å²) in [7, 11) is 0. The van der Waals surface area contributed by atoms with Crippen LogP contribution in [-0.4, -0.2) is 52.2 Å². The second kappa shape index (κ2) is 9.39. The second-order valence-electron chi connectivity index (χ2n) is 11.1. The Morgan fingerprint density at radius 3 is 2.67 bits per heavy atom. The maximum absolute atomic E-state index is 12.8. The van der Waals surface area contributed by atoms with Crippen LogP contribution < -0.4 is 4.90 Å². The van der Waals surface area contributed by atoms with Gasteiger partial charge in [-0.3, -0.25) is 0 Å². The van der Waals surface area contributed by atoms with E-state index in [2.05, 4.69) is 27.0 Å². The molecule has 1 fully saturated rings. The first-order chi connectivity index (χ1) is 17.1. The van der Waals surface area contributed by atoms with Gasteiger partial charge in [0, 0.05) is 35.6 Å². The molecule has 0 radical (unpaired) electrons. The van der Waals surface area contributed by atoms with Crippen molar-refractivity contribution >= 4 is 35.1 Å². The van der Waals surface area contributed by atoms with Gasteiger partial charge in [0.05, 0.1) is 24.2 Å². The van der Waals surface area contributed by atoms with Crippen molar-refractivity contribution in [1.82, 2.24) is 14.9 Å². The summed E-state index contributed by atoms with van der Waals surface area (Å²) in [6.45, 7) is 7.07. The number of hydrogen-bond acceptors (Lipinski definition) is 6. The molecule has 0 N–H and O–H groups in total. The van der Waals surface area contributed by atoms with E-state index in [-0.39, 0.29) is 29.3 Å². The summed E-state index contributed by atoms with van der Waals surface area (Å²) in [6.07, 6.45) is 4.54. The highest BCUT2D eigenvalue weighted by Gasteiger charge is 2.44. The monoisotopic (exact) mass is 527 g/mol. The first kappa shape index (κ1) is 25.1. The fourth-order valence-electron chi connectivity index (χ4n) is 6.07. The number of fused-ring (bicyclic) bond motifs is 3. The number of halogens is 2.